The van der Waals surface area contributed by atoms with Crippen LogP contribution in [0.2, 0.25) is 0 Å². The molecule has 106 valence electrons. The van der Waals surface area contributed by atoms with Gasteiger partial charge >= 0.3 is 11.9 Å². The number of esters is 2. The summed E-state index contributed by atoms with van der Waals surface area (Å²) in [5, 5.41) is 0. The van der Waals surface area contributed by atoms with Crippen molar-refractivity contribution in [3.8, 4) is 0 Å². The van der Waals surface area contributed by atoms with Gasteiger partial charge in [0.2, 0.25) is 6.08 Å². The Bertz CT molecular complexity index is 348. The van der Waals surface area contributed by atoms with Crippen LogP contribution in [0, 0.1) is 0 Å². The molecule has 1 saturated heterocycles. The third kappa shape index (κ3) is 10.9. The van der Waals surface area contributed by atoms with Crippen molar-refractivity contribution in [2.45, 2.75) is 32.6 Å². The van der Waals surface area contributed by atoms with Gasteiger partial charge in [0, 0.05) is 12.0 Å². The first-order valence-corrected chi connectivity index (χ1v) is 6.09. The molecule has 1 rings (SSSR count). The Morgan fingerprint density at radius 1 is 1.47 bits per heavy atom. The summed E-state index contributed by atoms with van der Waals surface area (Å²) in [6.45, 7) is 5.81. The number of aliphatic imine (C=N–C) groups is 1. The van der Waals surface area contributed by atoms with Gasteiger partial charge in [-0.05, 0) is 26.2 Å². The van der Waals surface area contributed by atoms with E-state index in [2.05, 4.69) is 16.3 Å². The summed E-state index contributed by atoms with van der Waals surface area (Å²) in [5.41, 5.74) is 0.333. The molecule has 0 aromatic carbocycles. The van der Waals surface area contributed by atoms with E-state index in [0.717, 1.165) is 19.3 Å². The van der Waals surface area contributed by atoms with Gasteiger partial charge in [-0.2, -0.15) is 0 Å². The predicted octanol–water partition coefficient (Wildman–Crippen LogP) is 1.55. The molecule has 0 radical (unpaired) electrons. The van der Waals surface area contributed by atoms with Crippen molar-refractivity contribution in [3.63, 3.8) is 0 Å². The van der Waals surface area contributed by atoms with Crippen molar-refractivity contribution in [1.29, 1.82) is 0 Å². The van der Waals surface area contributed by atoms with Gasteiger partial charge in [0.25, 0.3) is 0 Å². The number of cyclic esters (lactones) is 1. The summed E-state index contributed by atoms with van der Waals surface area (Å²) >= 11 is 0. The number of carbonyl (C=O) groups is 2. The third-order valence-corrected chi connectivity index (χ3v) is 2.14. The molecular weight excluding hydrogens is 250 g/mol. The van der Waals surface area contributed by atoms with E-state index in [1.54, 1.807) is 6.92 Å². The molecule has 0 unspecified atom stereocenters. The fourth-order valence-corrected chi connectivity index (χ4v) is 1.16. The quantitative estimate of drug-likeness (QED) is 0.254. The van der Waals surface area contributed by atoms with Crippen LogP contribution in [0.15, 0.2) is 17.1 Å². The Balaban J connectivity index is 0.000000356. The molecule has 0 atom stereocenters. The average molecular weight is 269 g/mol. The fraction of sp³-hybridized carbons (Fsp3) is 0.615. The highest BCUT2D eigenvalue weighted by molar-refractivity contribution is 5.86. The van der Waals surface area contributed by atoms with E-state index in [0.29, 0.717) is 18.6 Å². The Kier molecular flexibility index (Phi) is 10.0. The van der Waals surface area contributed by atoms with Gasteiger partial charge < -0.3 is 9.47 Å². The fourth-order valence-electron chi connectivity index (χ4n) is 1.16. The predicted molar refractivity (Wildman–Crippen MR) is 68.2 cm³/mol. The Morgan fingerprint density at radius 3 is 2.84 bits per heavy atom. The molecule has 0 aromatic heterocycles. The molecule has 1 aliphatic rings. The summed E-state index contributed by atoms with van der Waals surface area (Å²) in [6.07, 6.45) is 5.16. The molecule has 1 aliphatic heterocycles. The van der Waals surface area contributed by atoms with Gasteiger partial charge in [0.1, 0.15) is 6.61 Å². The zero-order valence-corrected chi connectivity index (χ0v) is 11.1. The molecule has 6 heteroatoms. The zero-order chi connectivity index (χ0) is 14.5. The number of nitrogens with zero attached hydrogens (tertiary/aromatic N) is 1. The van der Waals surface area contributed by atoms with E-state index < -0.39 is 5.97 Å². The van der Waals surface area contributed by atoms with Crippen LogP contribution >= 0.6 is 0 Å². The Hall–Kier alpha value is -1.94. The second-order valence-electron chi connectivity index (χ2n) is 3.92. The van der Waals surface area contributed by atoms with Crippen molar-refractivity contribution in [3.05, 3.63) is 12.2 Å². The topological polar surface area (TPSA) is 82.0 Å². The molecule has 6 nitrogen and oxygen atoms in total. The molecule has 0 amide bonds. The van der Waals surface area contributed by atoms with E-state index in [-0.39, 0.29) is 19.1 Å². The van der Waals surface area contributed by atoms with E-state index in [1.807, 2.05) is 0 Å². The standard InChI is InChI=1S/C7H9NO3.C6H10O2/c1-6(2)7(10)11-4-3-8-5-9;7-6-4-2-1-3-5-8-6/h1,3-4H2,2H3;1-5H2. The van der Waals surface area contributed by atoms with Gasteiger partial charge in [0.15, 0.2) is 0 Å². The van der Waals surface area contributed by atoms with E-state index in [1.165, 1.54) is 6.08 Å². The van der Waals surface area contributed by atoms with Crippen LogP contribution in [0.1, 0.15) is 32.6 Å². The van der Waals surface area contributed by atoms with Crippen molar-refractivity contribution >= 4 is 18.0 Å². The summed E-state index contributed by atoms with van der Waals surface area (Å²) < 4.78 is 9.36. The van der Waals surface area contributed by atoms with Crippen molar-refractivity contribution in [2.75, 3.05) is 19.8 Å². The summed E-state index contributed by atoms with van der Waals surface area (Å²) in [5.74, 6) is -0.492. The number of isocyanates is 1. The number of hydrogen-bond acceptors (Lipinski definition) is 6. The van der Waals surface area contributed by atoms with Crippen LogP contribution in [-0.2, 0) is 23.9 Å². The van der Waals surface area contributed by atoms with E-state index >= 15 is 0 Å². The van der Waals surface area contributed by atoms with E-state index in [4.69, 9.17) is 4.74 Å². The first-order valence-electron chi connectivity index (χ1n) is 6.09. The SMILES string of the molecule is C=C(C)C(=O)OCCN=C=O.O=C1CCCCCO1. The maximum atomic E-state index is 10.6. The maximum absolute atomic E-state index is 10.6. The lowest BCUT2D eigenvalue weighted by Gasteiger charge is -1.99. The van der Waals surface area contributed by atoms with Crippen LogP contribution in [0.3, 0.4) is 0 Å². The Labute approximate surface area is 112 Å². The van der Waals surface area contributed by atoms with Crippen LogP contribution in [0.5, 0.6) is 0 Å². The lowest BCUT2D eigenvalue weighted by molar-refractivity contribution is -0.142. The number of ether oxygens (including phenoxy) is 2. The van der Waals surface area contributed by atoms with Crippen molar-refractivity contribution < 1.29 is 23.9 Å². The molecule has 0 spiro atoms. The highest BCUT2D eigenvalue weighted by atomic mass is 16.5. The second kappa shape index (κ2) is 11.2. The summed E-state index contributed by atoms with van der Waals surface area (Å²) in [6, 6.07) is 0. The number of carbonyl (C=O) groups excluding carboxylic acids is 3. The maximum Gasteiger partial charge on any atom is 0.333 e. The first-order chi connectivity index (χ1) is 9.07. The normalized spacial score (nSPS) is 13.8. The third-order valence-electron chi connectivity index (χ3n) is 2.14. The summed E-state index contributed by atoms with van der Waals surface area (Å²) in [4.78, 5) is 33.8. The minimum absolute atomic E-state index is 0.0255. The molecule has 0 saturated carbocycles. The lowest BCUT2D eigenvalue weighted by atomic mass is 10.2. The smallest absolute Gasteiger partial charge is 0.333 e. The molecule has 1 heterocycles. The molecule has 1 fully saturated rings. The average Bonchev–Trinajstić information content (AvgIpc) is 2.63. The highest BCUT2D eigenvalue weighted by Crippen LogP contribution is 2.06. The molecule has 0 aromatic rings. The van der Waals surface area contributed by atoms with Crippen LogP contribution in [0.4, 0.5) is 0 Å². The van der Waals surface area contributed by atoms with Crippen LogP contribution in [0.25, 0.3) is 0 Å². The monoisotopic (exact) mass is 269 g/mol. The largest absolute Gasteiger partial charge is 0.466 e. The van der Waals surface area contributed by atoms with Gasteiger partial charge in [-0.1, -0.05) is 6.58 Å². The summed E-state index contributed by atoms with van der Waals surface area (Å²) in [7, 11) is 0. The van der Waals surface area contributed by atoms with Gasteiger partial charge in [-0.25, -0.2) is 14.6 Å². The molecule has 0 N–H and O–H groups in total. The van der Waals surface area contributed by atoms with Crippen molar-refractivity contribution in [1.82, 2.24) is 0 Å². The van der Waals surface area contributed by atoms with Crippen LogP contribution < -0.4 is 0 Å². The number of hydrogen-bond donors (Lipinski definition) is 0. The Morgan fingerprint density at radius 2 is 2.21 bits per heavy atom. The minimum Gasteiger partial charge on any atom is -0.466 e. The molecular formula is C13H19NO5. The van der Waals surface area contributed by atoms with Crippen molar-refractivity contribution in [2.24, 2.45) is 4.99 Å². The lowest BCUT2D eigenvalue weighted by Crippen LogP contribution is -2.07. The second-order valence-corrected chi connectivity index (χ2v) is 3.92. The minimum atomic E-state index is -0.467. The molecule has 0 bridgehead atoms. The van der Waals surface area contributed by atoms with Gasteiger partial charge in [-0.15, -0.1) is 0 Å². The zero-order valence-electron chi connectivity index (χ0n) is 11.1. The number of rotatable bonds is 4. The highest BCUT2D eigenvalue weighted by Gasteiger charge is 2.05. The van der Waals surface area contributed by atoms with E-state index in [9.17, 15) is 14.4 Å². The first kappa shape index (κ1) is 17.1. The molecule has 0 aliphatic carbocycles. The van der Waals surface area contributed by atoms with Gasteiger partial charge in [0.05, 0.1) is 13.2 Å². The van der Waals surface area contributed by atoms with Gasteiger partial charge in [-0.3, -0.25) is 4.79 Å². The van der Waals surface area contributed by atoms with Crippen LogP contribution in [-0.4, -0.2) is 37.8 Å². The molecule has 19 heavy (non-hydrogen) atoms.